The fourth-order valence-corrected chi connectivity index (χ4v) is 4.72. The van der Waals surface area contributed by atoms with E-state index in [1.807, 2.05) is 48.2 Å². The van der Waals surface area contributed by atoms with Gasteiger partial charge >= 0.3 is 0 Å². The van der Waals surface area contributed by atoms with Crippen LogP contribution in [0.3, 0.4) is 0 Å². The Balaban J connectivity index is 1.34. The van der Waals surface area contributed by atoms with Gasteiger partial charge in [-0.3, -0.25) is 4.79 Å². The van der Waals surface area contributed by atoms with Crippen molar-refractivity contribution in [3.8, 4) is 17.2 Å². The third-order valence-electron chi connectivity index (χ3n) is 6.23. The number of nitrogens with one attached hydrogen (secondary N) is 1. The van der Waals surface area contributed by atoms with Gasteiger partial charge in [0.15, 0.2) is 11.5 Å². The van der Waals surface area contributed by atoms with E-state index in [1.54, 1.807) is 0 Å². The summed E-state index contributed by atoms with van der Waals surface area (Å²) in [6.07, 6.45) is 1.87. The van der Waals surface area contributed by atoms with Crippen molar-refractivity contribution in [2.75, 3.05) is 51.1 Å². The van der Waals surface area contributed by atoms with Crippen molar-refractivity contribution < 1.29 is 23.7 Å². The lowest BCUT2D eigenvalue weighted by Gasteiger charge is -2.23. The number of hydrogen-bond donors (Lipinski definition) is 1. The first-order valence-corrected chi connectivity index (χ1v) is 11.0. The molecule has 1 N–H and O–H groups in total. The smallest absolute Gasteiger partial charge is 0.245 e. The Bertz CT molecular complexity index is 978. The van der Waals surface area contributed by atoms with E-state index in [0.717, 1.165) is 56.0 Å². The summed E-state index contributed by atoms with van der Waals surface area (Å²) in [7, 11) is 0. The summed E-state index contributed by atoms with van der Waals surface area (Å²) >= 11 is 0. The maximum Gasteiger partial charge on any atom is 0.245 e. The molecule has 5 rings (SSSR count). The number of rotatable bonds is 9. The quantitative estimate of drug-likeness (QED) is 0.625. The third kappa shape index (κ3) is 3.32. The number of hydrogen-bond acceptors (Lipinski definition) is 6. The molecule has 164 valence electrons. The van der Waals surface area contributed by atoms with E-state index in [0.29, 0.717) is 30.4 Å². The molecule has 2 aromatic carbocycles. The van der Waals surface area contributed by atoms with E-state index in [2.05, 4.69) is 5.32 Å². The van der Waals surface area contributed by atoms with E-state index in [-0.39, 0.29) is 12.7 Å². The molecular formula is C24H28N2O5. The van der Waals surface area contributed by atoms with Crippen LogP contribution in [0.15, 0.2) is 36.4 Å². The molecule has 0 aromatic heterocycles. The van der Waals surface area contributed by atoms with Crippen LogP contribution in [0.2, 0.25) is 0 Å². The van der Waals surface area contributed by atoms with E-state index in [4.69, 9.17) is 18.9 Å². The predicted molar refractivity (Wildman–Crippen MR) is 116 cm³/mol. The number of fused-ring (bicyclic) bond motifs is 5. The van der Waals surface area contributed by atoms with Crippen molar-refractivity contribution in [2.45, 2.75) is 25.2 Å². The van der Waals surface area contributed by atoms with Gasteiger partial charge in [0.05, 0.1) is 0 Å². The highest BCUT2D eigenvalue weighted by molar-refractivity contribution is 6.11. The van der Waals surface area contributed by atoms with Gasteiger partial charge in [-0.25, -0.2) is 0 Å². The van der Waals surface area contributed by atoms with Crippen molar-refractivity contribution >= 4 is 11.6 Å². The molecule has 3 aliphatic heterocycles. The zero-order chi connectivity index (χ0) is 21.3. The van der Waals surface area contributed by atoms with Crippen molar-refractivity contribution in [1.82, 2.24) is 5.32 Å². The molecule has 0 bridgehead atoms. The Hall–Kier alpha value is -2.77. The number of ether oxygens (including phenoxy) is 4. The molecule has 3 aliphatic rings. The summed E-state index contributed by atoms with van der Waals surface area (Å²) in [5.41, 5.74) is 2.02. The fourth-order valence-electron chi connectivity index (χ4n) is 4.72. The molecule has 2 aromatic rings. The molecule has 31 heavy (non-hydrogen) atoms. The van der Waals surface area contributed by atoms with Crippen LogP contribution in [0, 0.1) is 0 Å². The summed E-state index contributed by atoms with van der Waals surface area (Å²) in [4.78, 5) is 15.7. The van der Waals surface area contributed by atoms with Gasteiger partial charge in [0, 0.05) is 37.1 Å². The Morgan fingerprint density at radius 2 is 1.84 bits per heavy atom. The minimum Gasteiger partial charge on any atom is -0.491 e. The molecule has 7 nitrogen and oxygen atoms in total. The topological polar surface area (TPSA) is 69.3 Å². The van der Waals surface area contributed by atoms with Crippen LogP contribution in [0.5, 0.6) is 17.2 Å². The van der Waals surface area contributed by atoms with Crippen LogP contribution in [-0.2, 0) is 14.9 Å². The van der Waals surface area contributed by atoms with Crippen molar-refractivity contribution in [2.24, 2.45) is 0 Å². The van der Waals surface area contributed by atoms with Gasteiger partial charge in [-0.05, 0) is 50.6 Å². The third-order valence-corrected chi connectivity index (χ3v) is 6.23. The van der Waals surface area contributed by atoms with Crippen molar-refractivity contribution in [1.29, 1.82) is 0 Å². The summed E-state index contributed by atoms with van der Waals surface area (Å²) in [6.45, 7) is 6.48. The minimum absolute atomic E-state index is 0.0719. The first-order valence-electron chi connectivity index (χ1n) is 11.0. The van der Waals surface area contributed by atoms with Crippen LogP contribution < -0.4 is 24.4 Å². The number of nitrogens with zero attached hydrogens (tertiary/aromatic N) is 1. The minimum atomic E-state index is -0.822. The zero-order valence-electron chi connectivity index (χ0n) is 17.8. The normalized spacial score (nSPS) is 20.3. The van der Waals surface area contributed by atoms with Crippen LogP contribution in [0.4, 0.5) is 5.69 Å². The second-order valence-electron chi connectivity index (χ2n) is 8.02. The lowest BCUT2D eigenvalue weighted by molar-refractivity contribution is -0.122. The highest BCUT2D eigenvalue weighted by Gasteiger charge is 2.57. The average molecular weight is 424 g/mol. The standard InChI is InChI=1S/C24H28N2O5/c1-2-28-12-6-10-25-9-5-11-26-19-8-4-3-7-17(19)24(23(26)27)15-29-20-14-22-21(13-18(20)24)30-16-31-22/h3-4,7-8,13-14,25H,2,5-6,9-12,15-16H2,1H3. The number of carbonyl (C=O) groups is 1. The molecule has 1 atom stereocenters. The largest absolute Gasteiger partial charge is 0.491 e. The van der Waals surface area contributed by atoms with Crippen molar-refractivity contribution in [3.63, 3.8) is 0 Å². The monoisotopic (exact) mass is 424 g/mol. The highest BCUT2D eigenvalue weighted by Crippen LogP contribution is 2.54. The van der Waals surface area contributed by atoms with Crippen LogP contribution in [-0.4, -0.2) is 52.2 Å². The zero-order valence-corrected chi connectivity index (χ0v) is 17.8. The van der Waals surface area contributed by atoms with E-state index in [9.17, 15) is 4.79 Å². The van der Waals surface area contributed by atoms with Crippen LogP contribution >= 0.6 is 0 Å². The van der Waals surface area contributed by atoms with Gasteiger partial charge in [-0.1, -0.05) is 18.2 Å². The molecule has 1 spiro atoms. The summed E-state index contributed by atoms with van der Waals surface area (Å²) in [5.74, 6) is 2.11. The lowest BCUT2D eigenvalue weighted by Crippen LogP contribution is -2.43. The Labute approximate surface area is 182 Å². The number of anilines is 1. The van der Waals surface area contributed by atoms with E-state index < -0.39 is 5.41 Å². The molecule has 0 saturated heterocycles. The van der Waals surface area contributed by atoms with E-state index >= 15 is 0 Å². The first-order chi connectivity index (χ1) is 15.3. The van der Waals surface area contributed by atoms with Gasteiger partial charge in [0.1, 0.15) is 17.8 Å². The predicted octanol–water partition coefficient (Wildman–Crippen LogP) is 2.85. The maximum atomic E-state index is 13.8. The molecule has 0 radical (unpaired) electrons. The van der Waals surface area contributed by atoms with Crippen LogP contribution in [0.1, 0.15) is 30.9 Å². The lowest BCUT2D eigenvalue weighted by atomic mass is 9.77. The second-order valence-corrected chi connectivity index (χ2v) is 8.02. The Morgan fingerprint density at radius 1 is 1.03 bits per heavy atom. The first kappa shape index (κ1) is 20.2. The summed E-state index contributed by atoms with van der Waals surface area (Å²) < 4.78 is 22.5. The van der Waals surface area contributed by atoms with Gasteiger partial charge in [-0.2, -0.15) is 0 Å². The molecule has 0 saturated carbocycles. The van der Waals surface area contributed by atoms with Crippen molar-refractivity contribution in [3.05, 3.63) is 47.5 Å². The molecule has 0 aliphatic carbocycles. The van der Waals surface area contributed by atoms with E-state index in [1.165, 1.54) is 0 Å². The Morgan fingerprint density at radius 3 is 2.71 bits per heavy atom. The summed E-state index contributed by atoms with van der Waals surface area (Å²) in [5, 5.41) is 3.44. The maximum absolute atomic E-state index is 13.8. The molecule has 1 unspecified atom stereocenters. The molecule has 3 heterocycles. The van der Waals surface area contributed by atoms with Gasteiger partial charge in [0.25, 0.3) is 0 Å². The molecule has 7 heteroatoms. The SMILES string of the molecule is CCOCCCNCCCN1C(=O)C2(COc3cc4c(cc32)OCO4)c2ccccc21. The highest BCUT2D eigenvalue weighted by atomic mass is 16.7. The fraction of sp³-hybridized carbons (Fsp3) is 0.458. The van der Waals surface area contributed by atoms with Gasteiger partial charge in [-0.15, -0.1) is 0 Å². The molecule has 1 amide bonds. The Kier molecular flexibility index (Phi) is 5.46. The van der Waals surface area contributed by atoms with Gasteiger partial charge < -0.3 is 29.2 Å². The number of amides is 1. The van der Waals surface area contributed by atoms with Gasteiger partial charge in [0.2, 0.25) is 12.7 Å². The number of para-hydroxylation sites is 1. The summed E-state index contributed by atoms with van der Waals surface area (Å²) in [6, 6.07) is 11.8. The molecule has 0 fully saturated rings. The second kappa shape index (κ2) is 8.40. The number of carbonyl (C=O) groups excluding carboxylic acids is 1. The van der Waals surface area contributed by atoms with Crippen LogP contribution in [0.25, 0.3) is 0 Å². The average Bonchev–Trinajstić information content (AvgIpc) is 3.46. The number of benzene rings is 2. The molecular weight excluding hydrogens is 396 g/mol.